The molecule has 0 radical (unpaired) electrons. The predicted molar refractivity (Wildman–Crippen MR) is 108 cm³/mol. The molecule has 4 nitrogen and oxygen atoms in total. The third-order valence-corrected chi connectivity index (χ3v) is 5.28. The van der Waals surface area contributed by atoms with Gasteiger partial charge in [0, 0.05) is 0 Å². The van der Waals surface area contributed by atoms with Crippen LogP contribution in [0.1, 0.15) is 61.0 Å². The van der Waals surface area contributed by atoms with Crippen LogP contribution < -0.4 is 0 Å². The summed E-state index contributed by atoms with van der Waals surface area (Å²) in [6, 6.07) is 16.8. The van der Waals surface area contributed by atoms with Gasteiger partial charge in [-0.15, -0.1) is 0 Å². The summed E-state index contributed by atoms with van der Waals surface area (Å²) in [6.07, 6.45) is 3.61. The van der Waals surface area contributed by atoms with E-state index in [0.717, 1.165) is 36.8 Å². The molecule has 0 aromatic heterocycles. The van der Waals surface area contributed by atoms with Crippen molar-refractivity contribution in [1.29, 1.82) is 0 Å². The van der Waals surface area contributed by atoms with Crippen LogP contribution in [0.25, 0.3) is 0 Å². The zero-order valence-electron chi connectivity index (χ0n) is 16.6. The second-order valence-electron chi connectivity index (χ2n) is 7.92. The lowest BCUT2D eigenvalue weighted by atomic mass is 9.78. The Balaban J connectivity index is 1.69. The Labute approximate surface area is 166 Å². The van der Waals surface area contributed by atoms with E-state index in [1.165, 1.54) is 0 Å². The van der Waals surface area contributed by atoms with Gasteiger partial charge in [-0.3, -0.25) is 4.79 Å². The Morgan fingerprint density at radius 1 is 0.929 bits per heavy atom. The second-order valence-corrected chi connectivity index (χ2v) is 7.92. The Morgan fingerprint density at radius 3 is 2.18 bits per heavy atom. The summed E-state index contributed by atoms with van der Waals surface area (Å²) in [5.74, 6) is -0.194. The molecule has 148 valence electrons. The molecule has 1 fully saturated rings. The normalized spacial score (nSPS) is 15.4. The Kier molecular flexibility index (Phi) is 6.50. The largest absolute Gasteiger partial charge is 0.465 e. The van der Waals surface area contributed by atoms with Crippen LogP contribution in [0.3, 0.4) is 0 Å². The van der Waals surface area contributed by atoms with Crippen molar-refractivity contribution in [2.45, 2.75) is 51.6 Å². The van der Waals surface area contributed by atoms with Crippen molar-refractivity contribution in [1.82, 2.24) is 0 Å². The minimum atomic E-state index is -0.582. The van der Waals surface area contributed by atoms with E-state index in [0.29, 0.717) is 18.1 Å². The van der Waals surface area contributed by atoms with E-state index < -0.39 is 5.41 Å². The lowest BCUT2D eigenvalue weighted by Crippen LogP contribution is -2.35. The van der Waals surface area contributed by atoms with Gasteiger partial charge in [-0.25, -0.2) is 4.79 Å². The summed E-state index contributed by atoms with van der Waals surface area (Å²) < 4.78 is 11.0. The number of hydrogen-bond acceptors (Lipinski definition) is 4. The number of ether oxygens (including phenoxy) is 2. The Morgan fingerprint density at radius 2 is 1.57 bits per heavy atom. The first-order chi connectivity index (χ1) is 13.5. The number of carbonyl (C=O) groups excluding carboxylic acids is 2. The molecule has 0 amide bonds. The molecule has 4 heteroatoms. The lowest BCUT2D eigenvalue weighted by Gasteiger charge is -2.27. The molecular weight excluding hydrogens is 352 g/mol. The lowest BCUT2D eigenvalue weighted by molar-refractivity contribution is -0.151. The van der Waals surface area contributed by atoms with Gasteiger partial charge in [-0.05, 0) is 42.0 Å². The fourth-order valence-corrected chi connectivity index (χ4v) is 3.70. The minimum absolute atomic E-state index is 0.141. The van der Waals surface area contributed by atoms with Gasteiger partial charge in [0.15, 0.2) is 0 Å². The first-order valence-electron chi connectivity index (χ1n) is 10.00. The van der Waals surface area contributed by atoms with E-state index >= 15 is 0 Å². The maximum atomic E-state index is 12.8. The minimum Gasteiger partial charge on any atom is -0.465 e. The smallest absolute Gasteiger partial charge is 0.338 e. The van der Waals surface area contributed by atoms with Crippen LogP contribution in [0.4, 0.5) is 0 Å². The van der Waals surface area contributed by atoms with E-state index in [2.05, 4.69) is 0 Å². The number of carbonyl (C=O) groups is 2. The van der Waals surface area contributed by atoms with Gasteiger partial charge < -0.3 is 9.47 Å². The van der Waals surface area contributed by atoms with Crippen molar-refractivity contribution in [3.8, 4) is 0 Å². The van der Waals surface area contributed by atoms with Crippen molar-refractivity contribution < 1.29 is 19.1 Å². The zero-order valence-corrected chi connectivity index (χ0v) is 16.6. The van der Waals surface area contributed by atoms with E-state index in [4.69, 9.17) is 9.47 Å². The van der Waals surface area contributed by atoms with Gasteiger partial charge in [0.05, 0.1) is 17.6 Å². The van der Waals surface area contributed by atoms with Crippen LogP contribution in [0.5, 0.6) is 0 Å². The molecule has 1 aliphatic rings. The first-order valence-corrected chi connectivity index (χ1v) is 10.00. The highest BCUT2D eigenvalue weighted by Crippen LogP contribution is 2.42. The molecule has 0 N–H and O–H groups in total. The quantitative estimate of drug-likeness (QED) is 0.631. The summed E-state index contributed by atoms with van der Waals surface area (Å²) in [4.78, 5) is 25.2. The molecule has 0 spiro atoms. The van der Waals surface area contributed by atoms with Gasteiger partial charge in [0.25, 0.3) is 0 Å². The van der Waals surface area contributed by atoms with Crippen molar-refractivity contribution in [3.05, 3.63) is 71.3 Å². The molecule has 0 aliphatic heterocycles. The molecule has 2 aromatic rings. The van der Waals surface area contributed by atoms with E-state index in [1.54, 1.807) is 12.1 Å². The van der Waals surface area contributed by atoms with Crippen LogP contribution >= 0.6 is 0 Å². The Bertz CT molecular complexity index is 787. The highest BCUT2D eigenvalue weighted by molar-refractivity contribution is 5.90. The number of hydrogen-bond donors (Lipinski definition) is 0. The molecule has 1 aliphatic carbocycles. The first kappa shape index (κ1) is 20.1. The summed E-state index contributed by atoms with van der Waals surface area (Å²) in [6.45, 7) is 4.74. The summed E-state index contributed by atoms with van der Waals surface area (Å²) in [7, 11) is 0. The third kappa shape index (κ3) is 4.61. The second kappa shape index (κ2) is 9.05. The molecular formula is C24H28O4. The molecule has 0 saturated heterocycles. The van der Waals surface area contributed by atoms with Gasteiger partial charge in [0.1, 0.15) is 6.61 Å². The average Bonchev–Trinajstić information content (AvgIpc) is 3.22. The van der Waals surface area contributed by atoms with Gasteiger partial charge in [0.2, 0.25) is 0 Å². The monoisotopic (exact) mass is 380 g/mol. The third-order valence-electron chi connectivity index (χ3n) is 5.28. The van der Waals surface area contributed by atoms with Crippen LogP contribution in [-0.2, 0) is 26.3 Å². The zero-order chi connectivity index (χ0) is 20.0. The predicted octanol–water partition coefficient (Wildman–Crippen LogP) is 5.05. The summed E-state index contributed by atoms with van der Waals surface area (Å²) in [5.41, 5.74) is 1.79. The fraction of sp³-hybridized carbons (Fsp3) is 0.417. The SMILES string of the molecule is CC(C)COC(=O)C1(c2ccc(C(=O)OCc3ccccc3)cc2)CCCC1. The van der Waals surface area contributed by atoms with Crippen molar-refractivity contribution in [3.63, 3.8) is 0 Å². The highest BCUT2D eigenvalue weighted by atomic mass is 16.5. The van der Waals surface area contributed by atoms with Crippen molar-refractivity contribution >= 4 is 11.9 Å². The molecule has 2 aromatic carbocycles. The molecule has 0 unspecified atom stereocenters. The maximum absolute atomic E-state index is 12.8. The number of esters is 2. The molecule has 28 heavy (non-hydrogen) atoms. The van der Waals surface area contributed by atoms with Crippen LogP contribution in [0.2, 0.25) is 0 Å². The fourth-order valence-electron chi connectivity index (χ4n) is 3.70. The number of benzene rings is 2. The van der Waals surface area contributed by atoms with E-state index in [9.17, 15) is 9.59 Å². The average molecular weight is 380 g/mol. The van der Waals surface area contributed by atoms with Crippen molar-refractivity contribution in [2.24, 2.45) is 5.92 Å². The van der Waals surface area contributed by atoms with Crippen LogP contribution in [0.15, 0.2) is 54.6 Å². The van der Waals surface area contributed by atoms with E-state index in [-0.39, 0.29) is 18.5 Å². The molecule has 0 heterocycles. The molecule has 0 atom stereocenters. The molecule has 3 rings (SSSR count). The van der Waals surface area contributed by atoms with Gasteiger partial charge in [-0.2, -0.15) is 0 Å². The Hall–Kier alpha value is -2.62. The maximum Gasteiger partial charge on any atom is 0.338 e. The molecule has 0 bridgehead atoms. The van der Waals surface area contributed by atoms with E-state index in [1.807, 2.05) is 56.3 Å². The van der Waals surface area contributed by atoms with Crippen LogP contribution in [-0.4, -0.2) is 18.5 Å². The summed E-state index contributed by atoms with van der Waals surface area (Å²) in [5, 5.41) is 0. The standard InChI is InChI=1S/C24H28O4/c1-18(2)16-28-23(26)24(14-6-7-15-24)21-12-10-20(11-13-21)22(25)27-17-19-8-4-3-5-9-19/h3-5,8-13,18H,6-7,14-17H2,1-2H3. The van der Waals surface area contributed by atoms with Gasteiger partial charge >= 0.3 is 11.9 Å². The number of rotatable bonds is 7. The highest BCUT2D eigenvalue weighted by Gasteiger charge is 2.44. The van der Waals surface area contributed by atoms with Gasteiger partial charge in [-0.1, -0.05) is 69.2 Å². The topological polar surface area (TPSA) is 52.6 Å². The van der Waals surface area contributed by atoms with Crippen molar-refractivity contribution in [2.75, 3.05) is 6.61 Å². The van der Waals surface area contributed by atoms with Crippen LogP contribution in [0, 0.1) is 5.92 Å². The molecule has 1 saturated carbocycles. The summed E-state index contributed by atoms with van der Waals surface area (Å²) >= 11 is 0.